The van der Waals surface area contributed by atoms with E-state index >= 15 is 0 Å². The van der Waals surface area contributed by atoms with Crippen molar-refractivity contribution in [2.75, 3.05) is 26.1 Å². The zero-order valence-electron chi connectivity index (χ0n) is 17.8. The van der Waals surface area contributed by atoms with Gasteiger partial charge in [-0.3, -0.25) is 0 Å². The summed E-state index contributed by atoms with van der Waals surface area (Å²) in [6.07, 6.45) is 1.98. The van der Waals surface area contributed by atoms with E-state index in [1.807, 2.05) is 91.8 Å². The highest BCUT2D eigenvalue weighted by atomic mass is 32.1. The molecule has 0 amide bonds. The molecular formula is C25H19N5OS. The van der Waals surface area contributed by atoms with E-state index in [-0.39, 0.29) is 5.57 Å². The van der Waals surface area contributed by atoms with Gasteiger partial charge < -0.3 is 9.64 Å². The van der Waals surface area contributed by atoms with E-state index in [2.05, 4.69) is 4.98 Å². The number of ether oxygens (including phenoxy) is 1. The molecule has 0 spiro atoms. The zero-order chi connectivity index (χ0) is 22.7. The van der Waals surface area contributed by atoms with Crippen LogP contribution >= 0.6 is 11.3 Å². The highest BCUT2D eigenvalue weighted by Gasteiger charge is 2.16. The number of fused-ring (bicyclic) bond motifs is 1. The Labute approximate surface area is 189 Å². The van der Waals surface area contributed by atoms with E-state index in [1.54, 1.807) is 7.11 Å². The van der Waals surface area contributed by atoms with Crippen LogP contribution in [-0.4, -0.2) is 31.2 Å². The lowest BCUT2D eigenvalue weighted by molar-refractivity contribution is 0.398. The third-order valence-electron chi connectivity index (χ3n) is 4.93. The van der Waals surface area contributed by atoms with E-state index in [0.29, 0.717) is 16.2 Å². The van der Waals surface area contributed by atoms with Crippen LogP contribution in [0.4, 0.5) is 5.82 Å². The van der Waals surface area contributed by atoms with Crippen molar-refractivity contribution in [1.29, 1.82) is 10.5 Å². The largest absolute Gasteiger partial charge is 0.480 e. The number of rotatable bonds is 4. The molecule has 2 aromatic carbocycles. The molecule has 32 heavy (non-hydrogen) atoms. The molecule has 7 heteroatoms. The van der Waals surface area contributed by atoms with Gasteiger partial charge in [-0.15, -0.1) is 11.3 Å². The predicted molar refractivity (Wildman–Crippen MR) is 128 cm³/mol. The average molecular weight is 438 g/mol. The molecule has 0 saturated carbocycles. The molecule has 0 unspecified atom stereocenters. The maximum Gasteiger partial charge on any atom is 0.223 e. The summed E-state index contributed by atoms with van der Waals surface area (Å²) in [5, 5.41) is 20.7. The third-order valence-corrected chi connectivity index (χ3v) is 5.95. The molecule has 0 radical (unpaired) electrons. The third kappa shape index (κ3) is 3.78. The molecule has 0 atom stereocenters. The van der Waals surface area contributed by atoms with Crippen LogP contribution in [0.3, 0.4) is 0 Å². The first-order valence-corrected chi connectivity index (χ1v) is 10.6. The number of hydrogen-bond acceptors (Lipinski definition) is 7. The Kier molecular flexibility index (Phi) is 5.85. The van der Waals surface area contributed by atoms with Crippen molar-refractivity contribution < 1.29 is 4.74 Å². The van der Waals surface area contributed by atoms with Gasteiger partial charge in [-0.05, 0) is 11.5 Å². The highest BCUT2D eigenvalue weighted by molar-refractivity contribution is 7.08. The average Bonchev–Trinajstić information content (AvgIpc) is 3.24. The lowest BCUT2D eigenvalue weighted by Crippen LogP contribution is -2.12. The molecule has 0 aliphatic heterocycles. The van der Waals surface area contributed by atoms with Crippen molar-refractivity contribution in [2.45, 2.75) is 0 Å². The maximum atomic E-state index is 9.36. The van der Waals surface area contributed by atoms with E-state index in [1.165, 1.54) is 11.3 Å². The summed E-state index contributed by atoms with van der Waals surface area (Å²) < 4.78 is 6.87. The minimum atomic E-state index is -0.00950. The summed E-state index contributed by atoms with van der Waals surface area (Å²) in [7, 11) is 5.49. The lowest BCUT2D eigenvalue weighted by Gasteiger charge is -2.17. The molecule has 4 rings (SSSR count). The van der Waals surface area contributed by atoms with Gasteiger partial charge in [-0.1, -0.05) is 54.6 Å². The van der Waals surface area contributed by atoms with Crippen LogP contribution in [0.1, 0.15) is 5.56 Å². The molecule has 0 aliphatic rings. The molecule has 0 aliphatic carbocycles. The van der Waals surface area contributed by atoms with Crippen molar-refractivity contribution in [1.82, 2.24) is 9.97 Å². The molecule has 2 heterocycles. The molecule has 0 saturated heterocycles. The van der Waals surface area contributed by atoms with Crippen LogP contribution in [0.5, 0.6) is 5.88 Å². The van der Waals surface area contributed by atoms with Gasteiger partial charge in [0.05, 0.1) is 17.3 Å². The lowest BCUT2D eigenvalue weighted by atomic mass is 10.0. The second-order valence-electron chi connectivity index (χ2n) is 7.14. The normalized spacial score (nSPS) is 11.1. The van der Waals surface area contributed by atoms with Crippen LogP contribution in [0, 0.1) is 22.7 Å². The quantitative estimate of drug-likeness (QED) is 0.486. The number of hydrogen-bond donors (Lipinski definition) is 0. The molecule has 4 aromatic rings. The first-order chi connectivity index (χ1) is 15.6. The predicted octanol–water partition coefficient (Wildman–Crippen LogP) is 3.46. The number of nitrogens with zero attached hydrogens (tertiary/aromatic N) is 5. The number of thiazole rings is 1. The Morgan fingerprint density at radius 1 is 0.969 bits per heavy atom. The van der Waals surface area contributed by atoms with Crippen LogP contribution in [0.2, 0.25) is 0 Å². The Balaban J connectivity index is 2.12. The fourth-order valence-corrected chi connectivity index (χ4v) is 4.45. The summed E-state index contributed by atoms with van der Waals surface area (Å²) in [5.74, 6) is 1.30. The monoisotopic (exact) mass is 437 g/mol. The van der Waals surface area contributed by atoms with E-state index < -0.39 is 0 Å². The first-order valence-electron chi connectivity index (χ1n) is 9.80. The summed E-state index contributed by atoms with van der Waals surface area (Å²) in [6, 6.07) is 21.6. The molecule has 2 aromatic heterocycles. The van der Waals surface area contributed by atoms with Crippen LogP contribution in [-0.2, 0) is 0 Å². The summed E-state index contributed by atoms with van der Waals surface area (Å²) >= 11 is 1.30. The molecule has 156 valence electrons. The molecule has 0 bridgehead atoms. The van der Waals surface area contributed by atoms with Gasteiger partial charge in [0.1, 0.15) is 22.6 Å². The van der Waals surface area contributed by atoms with E-state index in [9.17, 15) is 10.5 Å². The number of anilines is 1. The van der Waals surface area contributed by atoms with Gasteiger partial charge in [0.25, 0.3) is 0 Å². The second-order valence-corrected chi connectivity index (χ2v) is 8.17. The SMILES string of the molecule is COc1nc(N(C)C)c2ccccc2c1/C=c1\sc(=C(C#N)C#N)nc1-c1ccccc1. The smallest absolute Gasteiger partial charge is 0.223 e. The van der Waals surface area contributed by atoms with Gasteiger partial charge in [0.15, 0.2) is 5.57 Å². The number of benzene rings is 2. The Bertz CT molecular complexity index is 1490. The van der Waals surface area contributed by atoms with Crippen molar-refractivity contribution in [3.63, 3.8) is 0 Å². The fourth-order valence-electron chi connectivity index (χ4n) is 3.47. The Morgan fingerprint density at radius 2 is 1.62 bits per heavy atom. The van der Waals surface area contributed by atoms with Gasteiger partial charge in [0, 0.05) is 30.6 Å². The Hall–Kier alpha value is -4.20. The standard InChI is InChI=1S/C25H19N5OS/c1-30(2)23-19-12-8-7-11-18(19)20(24(29-23)31-3)13-21-22(16-9-5-4-6-10-16)28-25(32-21)17(14-26)15-27/h4-13H,1-3H3/b21-13-. The van der Waals surface area contributed by atoms with Gasteiger partial charge in [0.2, 0.25) is 5.88 Å². The van der Waals surface area contributed by atoms with Crippen molar-refractivity contribution >= 4 is 39.6 Å². The van der Waals surface area contributed by atoms with E-state index in [0.717, 1.165) is 32.2 Å². The molecular weight excluding hydrogens is 418 g/mol. The first kappa shape index (κ1) is 21.0. The van der Waals surface area contributed by atoms with Gasteiger partial charge in [-0.25, -0.2) is 4.98 Å². The van der Waals surface area contributed by atoms with Crippen molar-refractivity contribution in [3.05, 3.63) is 69.4 Å². The number of aromatic nitrogens is 2. The summed E-state index contributed by atoms with van der Waals surface area (Å²) in [4.78, 5) is 11.3. The second kappa shape index (κ2) is 8.89. The number of nitriles is 2. The highest BCUT2D eigenvalue weighted by Crippen LogP contribution is 2.33. The van der Waals surface area contributed by atoms with Gasteiger partial charge in [-0.2, -0.15) is 15.5 Å². The van der Waals surface area contributed by atoms with Gasteiger partial charge >= 0.3 is 0 Å². The maximum absolute atomic E-state index is 9.36. The minimum absolute atomic E-state index is 0.00950. The summed E-state index contributed by atoms with van der Waals surface area (Å²) in [5.41, 5.74) is 2.41. The van der Waals surface area contributed by atoms with Crippen LogP contribution in [0.25, 0.3) is 33.7 Å². The minimum Gasteiger partial charge on any atom is -0.480 e. The number of pyridine rings is 1. The van der Waals surface area contributed by atoms with Crippen LogP contribution < -0.4 is 18.8 Å². The summed E-state index contributed by atoms with van der Waals surface area (Å²) in [6.45, 7) is 0. The zero-order valence-corrected chi connectivity index (χ0v) is 18.6. The van der Waals surface area contributed by atoms with Crippen molar-refractivity contribution in [2.24, 2.45) is 0 Å². The number of methoxy groups -OCH3 is 1. The topological polar surface area (TPSA) is 85.8 Å². The van der Waals surface area contributed by atoms with E-state index in [4.69, 9.17) is 9.72 Å². The van der Waals surface area contributed by atoms with Crippen LogP contribution in [0.15, 0.2) is 54.6 Å². The van der Waals surface area contributed by atoms with Crippen molar-refractivity contribution in [3.8, 4) is 29.3 Å². The Morgan fingerprint density at radius 3 is 2.25 bits per heavy atom. The fraction of sp³-hybridized carbons (Fsp3) is 0.120. The molecule has 0 N–H and O–H groups in total. The molecule has 6 nitrogen and oxygen atoms in total. The molecule has 0 fully saturated rings.